The summed E-state index contributed by atoms with van der Waals surface area (Å²) in [4.78, 5) is 23.4. The van der Waals surface area contributed by atoms with E-state index in [1.54, 1.807) is 0 Å². The van der Waals surface area contributed by atoms with Crippen LogP contribution in [-0.4, -0.2) is 24.4 Å². The largest absolute Gasteiger partial charge is 0.372 e. The summed E-state index contributed by atoms with van der Waals surface area (Å²) in [6.07, 6.45) is 1.04. The van der Waals surface area contributed by atoms with Gasteiger partial charge in [0, 0.05) is 6.54 Å². The highest BCUT2D eigenvalue weighted by molar-refractivity contribution is 6.04. The van der Waals surface area contributed by atoms with Gasteiger partial charge in [0.1, 0.15) is 6.04 Å². The third-order valence-corrected chi connectivity index (χ3v) is 2.79. The predicted octanol–water partition coefficient (Wildman–Crippen LogP) is 1.34. The summed E-state index contributed by atoms with van der Waals surface area (Å²) >= 11 is 0. The van der Waals surface area contributed by atoms with Crippen LogP contribution in [0.4, 0.5) is 11.4 Å². The molecule has 1 aromatic carbocycles. The quantitative estimate of drug-likeness (QED) is 0.752. The van der Waals surface area contributed by atoms with Crippen LogP contribution in [0, 0.1) is 0 Å². The SMILES string of the molecule is CCCNC(=O)CC1Nc2ccccc2NC1=O. The molecular weight excluding hydrogens is 230 g/mol. The van der Waals surface area contributed by atoms with Crippen LogP contribution in [-0.2, 0) is 9.59 Å². The lowest BCUT2D eigenvalue weighted by atomic mass is 10.1. The van der Waals surface area contributed by atoms with Crippen molar-refractivity contribution >= 4 is 23.2 Å². The minimum atomic E-state index is -0.503. The number of fused-ring (bicyclic) bond motifs is 1. The molecule has 0 spiro atoms. The van der Waals surface area contributed by atoms with Gasteiger partial charge in [-0.15, -0.1) is 0 Å². The number of hydrogen-bond donors (Lipinski definition) is 3. The molecule has 1 aliphatic rings. The molecule has 0 fully saturated rings. The van der Waals surface area contributed by atoms with E-state index in [1.807, 2.05) is 31.2 Å². The summed E-state index contributed by atoms with van der Waals surface area (Å²) in [5.41, 5.74) is 1.61. The first-order valence-electron chi connectivity index (χ1n) is 6.14. The van der Waals surface area contributed by atoms with Crippen molar-refractivity contribution in [3.8, 4) is 0 Å². The highest BCUT2D eigenvalue weighted by Gasteiger charge is 2.26. The topological polar surface area (TPSA) is 70.2 Å². The van der Waals surface area contributed by atoms with E-state index in [2.05, 4.69) is 16.0 Å². The Morgan fingerprint density at radius 2 is 2.06 bits per heavy atom. The van der Waals surface area contributed by atoms with Crippen molar-refractivity contribution in [2.24, 2.45) is 0 Å². The molecule has 2 rings (SSSR count). The van der Waals surface area contributed by atoms with E-state index in [0.717, 1.165) is 17.8 Å². The highest BCUT2D eigenvalue weighted by atomic mass is 16.2. The van der Waals surface area contributed by atoms with E-state index in [0.29, 0.717) is 6.54 Å². The Morgan fingerprint density at radius 1 is 1.33 bits per heavy atom. The number of carbonyl (C=O) groups excluding carboxylic acids is 2. The zero-order valence-electron chi connectivity index (χ0n) is 10.3. The van der Waals surface area contributed by atoms with Gasteiger partial charge in [-0.3, -0.25) is 9.59 Å². The van der Waals surface area contributed by atoms with Crippen molar-refractivity contribution in [3.05, 3.63) is 24.3 Å². The van der Waals surface area contributed by atoms with Crippen LogP contribution < -0.4 is 16.0 Å². The number of para-hydroxylation sites is 2. The molecule has 0 bridgehead atoms. The minimum absolute atomic E-state index is 0.108. The molecule has 96 valence electrons. The molecule has 18 heavy (non-hydrogen) atoms. The molecule has 3 N–H and O–H groups in total. The Labute approximate surface area is 106 Å². The average molecular weight is 247 g/mol. The van der Waals surface area contributed by atoms with Crippen LogP contribution in [0.5, 0.6) is 0 Å². The Morgan fingerprint density at radius 3 is 2.78 bits per heavy atom. The molecule has 2 amide bonds. The molecule has 0 saturated carbocycles. The summed E-state index contributed by atoms with van der Waals surface area (Å²) in [5, 5.41) is 8.64. The van der Waals surface area contributed by atoms with Gasteiger partial charge in [0.05, 0.1) is 17.8 Å². The summed E-state index contributed by atoms with van der Waals surface area (Å²) < 4.78 is 0. The average Bonchev–Trinajstić information content (AvgIpc) is 2.37. The number of hydrogen-bond acceptors (Lipinski definition) is 3. The maximum atomic E-state index is 11.8. The van der Waals surface area contributed by atoms with Crippen LogP contribution in [0.25, 0.3) is 0 Å². The lowest BCUT2D eigenvalue weighted by Crippen LogP contribution is -2.42. The summed E-state index contributed by atoms with van der Waals surface area (Å²) in [6.45, 7) is 2.63. The standard InChI is InChI=1S/C13H17N3O2/c1-2-7-14-12(17)8-11-13(18)16-10-6-4-3-5-9(10)15-11/h3-6,11,15H,2,7-8H2,1H3,(H,14,17)(H,16,18). The molecule has 0 radical (unpaired) electrons. The first-order chi connectivity index (χ1) is 8.70. The minimum Gasteiger partial charge on any atom is -0.372 e. The zero-order chi connectivity index (χ0) is 13.0. The van der Waals surface area contributed by atoms with Crippen LogP contribution in [0.1, 0.15) is 19.8 Å². The van der Waals surface area contributed by atoms with Gasteiger partial charge in [-0.2, -0.15) is 0 Å². The molecule has 5 nitrogen and oxygen atoms in total. The van der Waals surface area contributed by atoms with Gasteiger partial charge >= 0.3 is 0 Å². The van der Waals surface area contributed by atoms with Gasteiger partial charge in [0.15, 0.2) is 0 Å². The molecule has 5 heteroatoms. The Balaban J connectivity index is 1.99. The Kier molecular flexibility index (Phi) is 3.82. The first-order valence-corrected chi connectivity index (χ1v) is 6.14. The molecule has 1 atom stereocenters. The maximum absolute atomic E-state index is 11.8. The fourth-order valence-electron chi connectivity index (χ4n) is 1.86. The molecule has 0 aromatic heterocycles. The highest BCUT2D eigenvalue weighted by Crippen LogP contribution is 2.26. The van der Waals surface area contributed by atoms with Gasteiger partial charge in [0.2, 0.25) is 11.8 Å². The van der Waals surface area contributed by atoms with Crippen molar-refractivity contribution < 1.29 is 9.59 Å². The molecule has 0 aliphatic carbocycles. The van der Waals surface area contributed by atoms with Crippen molar-refractivity contribution in [1.82, 2.24) is 5.32 Å². The second kappa shape index (κ2) is 5.53. The van der Waals surface area contributed by atoms with Crippen molar-refractivity contribution in [3.63, 3.8) is 0 Å². The van der Waals surface area contributed by atoms with E-state index in [9.17, 15) is 9.59 Å². The smallest absolute Gasteiger partial charge is 0.247 e. The van der Waals surface area contributed by atoms with Crippen LogP contribution in [0.2, 0.25) is 0 Å². The summed E-state index contributed by atoms with van der Waals surface area (Å²) in [5.74, 6) is -0.274. The number of carbonyl (C=O) groups is 2. The summed E-state index contributed by atoms with van der Waals surface area (Å²) in [7, 11) is 0. The zero-order valence-corrected chi connectivity index (χ0v) is 10.3. The van der Waals surface area contributed by atoms with E-state index in [1.165, 1.54) is 0 Å². The number of rotatable bonds is 4. The van der Waals surface area contributed by atoms with Crippen molar-refractivity contribution in [2.75, 3.05) is 17.2 Å². The number of nitrogens with one attached hydrogen (secondary N) is 3. The van der Waals surface area contributed by atoms with E-state index in [-0.39, 0.29) is 18.2 Å². The normalized spacial score (nSPS) is 17.4. The molecule has 0 saturated heterocycles. The van der Waals surface area contributed by atoms with Gasteiger partial charge in [-0.05, 0) is 18.6 Å². The van der Waals surface area contributed by atoms with E-state index < -0.39 is 6.04 Å². The van der Waals surface area contributed by atoms with Crippen LogP contribution in [0.3, 0.4) is 0 Å². The summed E-state index contributed by atoms with van der Waals surface area (Å²) in [6, 6.07) is 6.95. The molecular formula is C13H17N3O2. The number of amides is 2. The third-order valence-electron chi connectivity index (χ3n) is 2.79. The van der Waals surface area contributed by atoms with Crippen molar-refractivity contribution in [1.29, 1.82) is 0 Å². The van der Waals surface area contributed by atoms with Crippen LogP contribution >= 0.6 is 0 Å². The molecule has 1 unspecified atom stereocenters. The Hall–Kier alpha value is -2.04. The predicted molar refractivity (Wildman–Crippen MR) is 70.4 cm³/mol. The third kappa shape index (κ3) is 2.80. The molecule has 1 aliphatic heterocycles. The van der Waals surface area contributed by atoms with E-state index in [4.69, 9.17) is 0 Å². The van der Waals surface area contributed by atoms with Gasteiger partial charge in [0.25, 0.3) is 0 Å². The van der Waals surface area contributed by atoms with Crippen LogP contribution in [0.15, 0.2) is 24.3 Å². The van der Waals surface area contributed by atoms with E-state index >= 15 is 0 Å². The van der Waals surface area contributed by atoms with Gasteiger partial charge < -0.3 is 16.0 Å². The monoisotopic (exact) mass is 247 g/mol. The maximum Gasteiger partial charge on any atom is 0.247 e. The van der Waals surface area contributed by atoms with Gasteiger partial charge in [-0.1, -0.05) is 19.1 Å². The fourth-order valence-corrected chi connectivity index (χ4v) is 1.86. The first kappa shape index (κ1) is 12.4. The number of anilines is 2. The second-order valence-electron chi connectivity index (χ2n) is 4.29. The lowest BCUT2D eigenvalue weighted by Gasteiger charge is -2.26. The van der Waals surface area contributed by atoms with Crippen molar-refractivity contribution in [2.45, 2.75) is 25.8 Å². The molecule has 1 aromatic rings. The fraction of sp³-hybridized carbons (Fsp3) is 0.385. The molecule has 1 heterocycles. The van der Waals surface area contributed by atoms with Gasteiger partial charge in [-0.25, -0.2) is 0 Å². The lowest BCUT2D eigenvalue weighted by molar-refractivity contribution is -0.125. The Bertz CT molecular complexity index is 459. The second-order valence-corrected chi connectivity index (χ2v) is 4.29. The number of benzene rings is 1.